The smallest absolute Gasteiger partial charge is 0.127 e. The Labute approximate surface area is 136 Å². The van der Waals surface area contributed by atoms with Crippen molar-refractivity contribution in [2.45, 2.75) is 19.4 Å². The number of nitrogens with one attached hydrogen (secondary N) is 1. The molecule has 22 heavy (non-hydrogen) atoms. The van der Waals surface area contributed by atoms with Crippen molar-refractivity contribution in [1.29, 1.82) is 0 Å². The van der Waals surface area contributed by atoms with E-state index in [1.54, 1.807) is 0 Å². The lowest BCUT2D eigenvalue weighted by molar-refractivity contribution is 0.730. The molecule has 2 aliphatic rings. The molecule has 0 aliphatic carbocycles. The third-order valence-electron chi connectivity index (χ3n) is 3.88. The van der Waals surface area contributed by atoms with E-state index in [1.165, 1.54) is 11.1 Å². The largest absolute Gasteiger partial charge is 0.385 e. The zero-order valence-electron chi connectivity index (χ0n) is 13.0. The third kappa shape index (κ3) is 2.97. The lowest BCUT2D eigenvalue weighted by Gasteiger charge is -2.44. The Hall–Kier alpha value is -1.94. The Morgan fingerprint density at radius 3 is 2.27 bits per heavy atom. The lowest BCUT2D eigenvalue weighted by atomic mass is 9.99. The van der Waals surface area contributed by atoms with Gasteiger partial charge in [0.15, 0.2) is 0 Å². The predicted molar refractivity (Wildman–Crippen MR) is 97.3 cm³/mol. The molecule has 1 spiro atoms. The number of thioether (sulfide) groups is 1. The van der Waals surface area contributed by atoms with E-state index in [2.05, 4.69) is 54.5 Å². The maximum atomic E-state index is 5.96. The van der Waals surface area contributed by atoms with E-state index >= 15 is 0 Å². The van der Waals surface area contributed by atoms with Crippen LogP contribution in [-0.2, 0) is 0 Å². The number of aryl methyl sites for hydroxylation is 2. The van der Waals surface area contributed by atoms with Gasteiger partial charge in [-0.15, -0.1) is 0 Å². The van der Waals surface area contributed by atoms with Gasteiger partial charge in [0.05, 0.1) is 11.4 Å². The quantitative estimate of drug-likeness (QED) is 0.776. The van der Waals surface area contributed by atoms with Crippen molar-refractivity contribution in [2.75, 3.05) is 16.8 Å². The fourth-order valence-corrected chi connectivity index (χ4v) is 3.62. The Balaban J connectivity index is 0.000000154. The number of rotatable bonds is 0. The summed E-state index contributed by atoms with van der Waals surface area (Å²) in [7, 11) is 0. The maximum absolute atomic E-state index is 5.96. The molecule has 2 aliphatic heterocycles. The van der Waals surface area contributed by atoms with Crippen LogP contribution in [0.25, 0.3) is 0 Å². The number of benzene rings is 2. The third-order valence-corrected chi connectivity index (χ3v) is 5.27. The second-order valence-electron chi connectivity index (χ2n) is 5.87. The van der Waals surface area contributed by atoms with Crippen molar-refractivity contribution in [3.63, 3.8) is 0 Å². The fraction of sp³-hybridized carbons (Fsp3) is 0.278. The fourth-order valence-electron chi connectivity index (χ4n) is 2.57. The zero-order valence-corrected chi connectivity index (χ0v) is 13.8. The van der Waals surface area contributed by atoms with E-state index in [-0.39, 0.29) is 5.54 Å². The Bertz CT molecular complexity index is 688. The first-order valence-corrected chi connectivity index (χ1v) is 8.57. The molecule has 4 rings (SSSR count). The van der Waals surface area contributed by atoms with E-state index in [9.17, 15) is 0 Å². The average Bonchev–Trinajstić information content (AvgIpc) is 2.45. The van der Waals surface area contributed by atoms with Crippen LogP contribution in [0.1, 0.15) is 11.1 Å². The van der Waals surface area contributed by atoms with Crippen LogP contribution in [-0.4, -0.2) is 22.9 Å². The van der Waals surface area contributed by atoms with Gasteiger partial charge >= 0.3 is 0 Å². The Kier molecular flexibility index (Phi) is 4.12. The highest BCUT2D eigenvalue weighted by Gasteiger charge is 2.43. The minimum atomic E-state index is -0.0565. The van der Waals surface area contributed by atoms with Crippen LogP contribution in [0, 0.1) is 13.8 Å². The second-order valence-corrected chi connectivity index (χ2v) is 6.86. The van der Waals surface area contributed by atoms with Crippen LogP contribution in [0.3, 0.4) is 0 Å². The summed E-state index contributed by atoms with van der Waals surface area (Å²) in [6.07, 6.45) is 0. The topological polar surface area (TPSA) is 50.4 Å². The molecule has 0 atom stereocenters. The number of anilines is 1. The molecule has 2 heterocycles. The molecule has 0 bridgehead atoms. The normalized spacial score (nSPS) is 17.3. The number of hydrogen-bond donors (Lipinski definition) is 2. The van der Waals surface area contributed by atoms with Crippen LogP contribution in [0.15, 0.2) is 53.5 Å². The summed E-state index contributed by atoms with van der Waals surface area (Å²) in [5, 5.41) is 3.48. The highest BCUT2D eigenvalue weighted by Crippen LogP contribution is 2.40. The van der Waals surface area contributed by atoms with Crippen LogP contribution < -0.4 is 11.1 Å². The van der Waals surface area contributed by atoms with Gasteiger partial charge in [-0.05, 0) is 26.0 Å². The molecule has 4 heteroatoms. The lowest BCUT2D eigenvalue weighted by Crippen LogP contribution is -2.61. The van der Waals surface area contributed by atoms with Crippen molar-refractivity contribution in [1.82, 2.24) is 0 Å². The highest BCUT2D eigenvalue weighted by atomic mass is 32.2. The van der Waals surface area contributed by atoms with Crippen LogP contribution in [0.2, 0.25) is 0 Å². The summed E-state index contributed by atoms with van der Waals surface area (Å²) in [4.78, 5) is 4.44. The molecule has 114 valence electrons. The summed E-state index contributed by atoms with van der Waals surface area (Å²) >= 11 is 1.90. The molecule has 3 nitrogen and oxygen atoms in total. The number of hydrogen-bond acceptors (Lipinski definition) is 4. The van der Waals surface area contributed by atoms with Crippen LogP contribution in [0.5, 0.6) is 0 Å². The zero-order chi connectivity index (χ0) is 15.6. The van der Waals surface area contributed by atoms with Gasteiger partial charge in [-0.25, -0.2) is 4.99 Å². The predicted octanol–water partition coefficient (Wildman–Crippen LogP) is 3.89. The van der Waals surface area contributed by atoms with E-state index in [1.807, 2.05) is 30.0 Å². The molecule has 0 aromatic heterocycles. The molecule has 2 aromatic rings. The van der Waals surface area contributed by atoms with Crippen molar-refractivity contribution in [3.8, 4) is 0 Å². The van der Waals surface area contributed by atoms with Crippen molar-refractivity contribution < 1.29 is 0 Å². The van der Waals surface area contributed by atoms with Gasteiger partial charge in [-0.3, -0.25) is 0 Å². The Morgan fingerprint density at radius 2 is 1.73 bits per heavy atom. The summed E-state index contributed by atoms with van der Waals surface area (Å²) in [6, 6.07) is 16.5. The van der Waals surface area contributed by atoms with Crippen LogP contribution in [0.4, 0.5) is 11.4 Å². The van der Waals surface area contributed by atoms with Crippen molar-refractivity contribution >= 4 is 29.0 Å². The monoisotopic (exact) mass is 311 g/mol. The Morgan fingerprint density at radius 1 is 1.05 bits per heavy atom. The number of amidine groups is 1. The molecular weight excluding hydrogens is 290 g/mol. The molecule has 0 amide bonds. The van der Waals surface area contributed by atoms with E-state index in [0.717, 1.165) is 28.7 Å². The SMILES string of the molecule is Cc1cccc(C)c1.NC1=Nc2ccccc2NC12CSC2. The summed E-state index contributed by atoms with van der Waals surface area (Å²) < 4.78 is 0. The molecule has 0 saturated carbocycles. The summed E-state index contributed by atoms with van der Waals surface area (Å²) in [6.45, 7) is 4.21. The molecule has 0 unspecified atom stereocenters. The minimum absolute atomic E-state index is 0.0565. The highest BCUT2D eigenvalue weighted by molar-refractivity contribution is 8.01. The second kappa shape index (κ2) is 6.05. The first kappa shape index (κ1) is 15.0. The molecule has 3 N–H and O–H groups in total. The van der Waals surface area contributed by atoms with Gasteiger partial charge in [0, 0.05) is 11.5 Å². The first-order chi connectivity index (χ1) is 10.6. The van der Waals surface area contributed by atoms with Crippen LogP contribution >= 0.6 is 11.8 Å². The minimum Gasteiger partial charge on any atom is -0.385 e. The average molecular weight is 311 g/mol. The van der Waals surface area contributed by atoms with Gasteiger partial charge in [0.1, 0.15) is 11.4 Å². The van der Waals surface area contributed by atoms with Gasteiger partial charge in [0.25, 0.3) is 0 Å². The van der Waals surface area contributed by atoms with E-state index in [0.29, 0.717) is 0 Å². The molecule has 1 saturated heterocycles. The van der Waals surface area contributed by atoms with Gasteiger partial charge < -0.3 is 11.1 Å². The molecule has 2 aromatic carbocycles. The van der Waals surface area contributed by atoms with Gasteiger partial charge in [0.2, 0.25) is 0 Å². The standard InChI is InChI=1S/C10H11N3S.C8H10/c11-9-10(5-14-6-10)13-8-4-2-1-3-7(8)12-9;1-7-4-3-5-8(2)6-7/h1-4,13H,5-6H2,(H2,11,12);3-6H,1-2H3. The van der Waals surface area contributed by atoms with Crippen molar-refractivity contribution in [3.05, 3.63) is 59.7 Å². The molecular formula is C18H21N3S. The van der Waals surface area contributed by atoms with Gasteiger partial charge in [-0.2, -0.15) is 11.8 Å². The number of nitrogens with zero attached hydrogens (tertiary/aromatic N) is 1. The molecule has 0 radical (unpaired) electrons. The molecule has 1 fully saturated rings. The number of fused-ring (bicyclic) bond motifs is 1. The van der Waals surface area contributed by atoms with E-state index < -0.39 is 0 Å². The first-order valence-electron chi connectivity index (χ1n) is 7.42. The number of para-hydroxylation sites is 2. The van der Waals surface area contributed by atoms with Crippen molar-refractivity contribution in [2.24, 2.45) is 10.7 Å². The summed E-state index contributed by atoms with van der Waals surface area (Å²) in [5.41, 5.74) is 10.6. The van der Waals surface area contributed by atoms with Gasteiger partial charge in [-0.1, -0.05) is 47.5 Å². The maximum Gasteiger partial charge on any atom is 0.127 e. The number of aliphatic imine (C=N–C) groups is 1. The van der Waals surface area contributed by atoms with E-state index in [4.69, 9.17) is 5.73 Å². The summed E-state index contributed by atoms with van der Waals surface area (Å²) in [5.74, 6) is 2.78. The number of nitrogens with two attached hydrogens (primary N) is 1.